The molecule has 0 nitrogen and oxygen atoms in total. The topological polar surface area (TPSA) is 0 Å². The molecule has 11 heavy (non-hydrogen) atoms. The molecule has 0 unspecified atom stereocenters. The lowest BCUT2D eigenvalue weighted by molar-refractivity contribution is 1.57. The van der Waals surface area contributed by atoms with Crippen LogP contribution in [0.25, 0.3) is 0 Å². The molecule has 3 heteroatoms. The van der Waals surface area contributed by atoms with Crippen molar-refractivity contribution in [3.63, 3.8) is 0 Å². The highest BCUT2D eigenvalue weighted by Crippen LogP contribution is 2.12. The predicted octanol–water partition coefficient (Wildman–Crippen LogP) is 3.28. The Bertz CT molecular complexity index is 96.2. The van der Waals surface area contributed by atoms with E-state index in [0.717, 1.165) is 15.2 Å². The summed E-state index contributed by atoms with van der Waals surface area (Å²) in [5.74, 6) is 0. The van der Waals surface area contributed by atoms with Crippen molar-refractivity contribution >= 4 is 31.4 Å². The summed E-state index contributed by atoms with van der Waals surface area (Å²) in [6.45, 7) is 14.9. The Hall–Kier alpha value is 0.966. The van der Waals surface area contributed by atoms with Crippen molar-refractivity contribution in [1.29, 1.82) is 0 Å². The molecule has 0 rings (SSSR count). The first-order chi connectivity index (χ1) is 4.71. The number of hydrogen-bond acceptors (Lipinski definition) is 0. The van der Waals surface area contributed by atoms with E-state index in [0.29, 0.717) is 0 Å². The summed E-state index contributed by atoms with van der Waals surface area (Å²) in [6, 6.07) is 0. The average molecular weight is 201 g/mol. The molecule has 0 aromatic rings. The standard InChI is InChI=1S/2C4H11Si.Al/c2*1-5(2,3)4;/h2*1H2,2-4H3;. The van der Waals surface area contributed by atoms with Gasteiger partial charge < -0.3 is 0 Å². The molecule has 0 saturated carbocycles. The van der Waals surface area contributed by atoms with E-state index in [9.17, 15) is 0 Å². The van der Waals surface area contributed by atoms with Gasteiger partial charge in [0, 0.05) is 16.1 Å². The van der Waals surface area contributed by atoms with Crippen molar-refractivity contribution in [2.24, 2.45) is 0 Å². The van der Waals surface area contributed by atoms with E-state index in [4.69, 9.17) is 0 Å². The summed E-state index contributed by atoms with van der Waals surface area (Å²) >= 11 is 0.792. The van der Waals surface area contributed by atoms with Crippen molar-refractivity contribution in [1.82, 2.24) is 0 Å². The Kier molecular flexibility index (Phi) is 4.65. The summed E-state index contributed by atoms with van der Waals surface area (Å²) in [6.07, 6.45) is 0. The third-order valence-electron chi connectivity index (χ3n) is 1.51. The van der Waals surface area contributed by atoms with E-state index in [2.05, 4.69) is 39.3 Å². The molecule has 0 amide bonds. The van der Waals surface area contributed by atoms with E-state index in [1.807, 2.05) is 0 Å². The largest absolute Gasteiger partial charge is 0.193 e. The third kappa shape index (κ3) is 11.0. The first-order valence-electron chi connectivity index (χ1n) is 4.52. The molecule has 0 aliphatic rings. The lowest BCUT2D eigenvalue weighted by atomic mass is 11.7. The zero-order chi connectivity index (χ0) is 9.12. The Morgan fingerprint density at radius 2 is 1.00 bits per heavy atom. The van der Waals surface area contributed by atoms with Gasteiger partial charge in [-0.15, -0.1) is 9.81 Å². The minimum absolute atomic E-state index is 0.698. The van der Waals surface area contributed by atoms with Crippen LogP contribution in [0.3, 0.4) is 0 Å². The Morgan fingerprint density at radius 3 is 1.18 bits per heavy atom. The summed E-state index contributed by atoms with van der Waals surface area (Å²) in [7, 11) is -1.40. The van der Waals surface area contributed by atoms with Gasteiger partial charge in [0.1, 0.15) is 0 Å². The molecule has 65 valence electrons. The Labute approximate surface area is 80.5 Å². The van der Waals surface area contributed by atoms with Crippen LogP contribution in [0.5, 0.6) is 0 Å². The highest BCUT2D eigenvalue weighted by Gasteiger charge is 2.17. The third-order valence-corrected chi connectivity index (χ3v) is 13.6. The molecule has 0 N–H and O–H groups in total. The second kappa shape index (κ2) is 4.27. The van der Waals surface area contributed by atoms with Gasteiger partial charge in [0.25, 0.3) is 0 Å². The fraction of sp³-hybridized carbons (Fsp3) is 1.00. The molecule has 0 saturated heterocycles. The summed E-state index contributed by atoms with van der Waals surface area (Å²) in [5.41, 5.74) is 0. The van der Waals surface area contributed by atoms with Crippen LogP contribution in [0, 0.1) is 0 Å². The van der Waals surface area contributed by atoms with Crippen molar-refractivity contribution in [3.8, 4) is 0 Å². The molecule has 0 aromatic heterocycles. The Morgan fingerprint density at radius 1 is 0.727 bits per heavy atom. The normalized spacial score (nSPS) is 13.3. The second-order valence-electron chi connectivity index (χ2n) is 5.82. The van der Waals surface area contributed by atoms with Crippen LogP contribution in [0.1, 0.15) is 0 Å². The molecule has 0 bridgehead atoms. The van der Waals surface area contributed by atoms with E-state index < -0.39 is 16.1 Å². The van der Waals surface area contributed by atoms with Gasteiger partial charge in [-0.25, -0.2) is 0 Å². The fourth-order valence-electron chi connectivity index (χ4n) is 0.938. The first-order valence-corrected chi connectivity index (χ1v) is 13.6. The van der Waals surface area contributed by atoms with Gasteiger partial charge in [-0.05, 0) is 0 Å². The smallest absolute Gasteiger partial charge is 0.108 e. The van der Waals surface area contributed by atoms with Gasteiger partial charge >= 0.3 is 0 Å². The van der Waals surface area contributed by atoms with Crippen LogP contribution >= 0.6 is 0 Å². The van der Waals surface area contributed by atoms with Crippen LogP contribution in [0.15, 0.2) is 0 Å². The molecule has 1 radical (unpaired) electrons. The predicted molar refractivity (Wildman–Crippen MR) is 62.1 cm³/mol. The molecule has 0 heterocycles. The summed E-state index contributed by atoms with van der Waals surface area (Å²) in [4.78, 5) is 3.22. The van der Waals surface area contributed by atoms with Crippen LogP contribution in [-0.4, -0.2) is 31.4 Å². The molecule has 0 aliphatic carbocycles. The molecule has 0 spiro atoms. The number of rotatable bonds is 4. The fourth-order valence-corrected chi connectivity index (χ4v) is 9.74. The van der Waals surface area contributed by atoms with Crippen LogP contribution < -0.4 is 0 Å². The van der Waals surface area contributed by atoms with Gasteiger partial charge in [-0.2, -0.15) is 0 Å². The lowest BCUT2D eigenvalue weighted by Gasteiger charge is -2.19. The SMILES string of the molecule is C[Si](C)(C)[CH2][Al][CH2][Si](C)(C)C. The molecule has 0 aromatic carbocycles. The van der Waals surface area contributed by atoms with Crippen LogP contribution in [-0.2, 0) is 0 Å². The molecule has 0 fully saturated rings. The zero-order valence-corrected chi connectivity index (χ0v) is 12.1. The van der Waals surface area contributed by atoms with Crippen LogP contribution in [0.2, 0.25) is 49.1 Å². The second-order valence-corrected chi connectivity index (χ2v) is 19.9. The highest BCUT2D eigenvalue weighted by molar-refractivity contribution is 6.89. The maximum atomic E-state index is 2.49. The minimum Gasteiger partial charge on any atom is -0.108 e. The monoisotopic (exact) mass is 201 g/mol. The molecule has 0 aliphatic heterocycles. The van der Waals surface area contributed by atoms with Gasteiger partial charge in [-0.3, -0.25) is 0 Å². The van der Waals surface area contributed by atoms with Gasteiger partial charge in [-0.1, -0.05) is 39.3 Å². The highest BCUT2D eigenvalue weighted by atomic mass is 28.3. The Balaban J connectivity index is 3.44. The van der Waals surface area contributed by atoms with Crippen molar-refractivity contribution < 1.29 is 0 Å². The van der Waals surface area contributed by atoms with Gasteiger partial charge in [0.2, 0.25) is 0 Å². The lowest BCUT2D eigenvalue weighted by Crippen LogP contribution is -2.28. The summed E-state index contributed by atoms with van der Waals surface area (Å²) < 4.78 is 0. The zero-order valence-electron chi connectivity index (χ0n) is 8.99. The van der Waals surface area contributed by atoms with E-state index in [1.54, 1.807) is 9.81 Å². The van der Waals surface area contributed by atoms with E-state index >= 15 is 0 Å². The number of hydrogen-bond donors (Lipinski definition) is 0. The molecule has 0 atom stereocenters. The molecular weight excluding hydrogens is 179 g/mol. The molecular formula is C8H22AlSi2. The van der Waals surface area contributed by atoms with Gasteiger partial charge in [0.05, 0.1) is 0 Å². The van der Waals surface area contributed by atoms with Gasteiger partial charge in [0.15, 0.2) is 15.2 Å². The maximum absolute atomic E-state index is 2.49. The van der Waals surface area contributed by atoms with Crippen molar-refractivity contribution in [2.75, 3.05) is 0 Å². The maximum Gasteiger partial charge on any atom is 0.193 e. The van der Waals surface area contributed by atoms with Crippen LogP contribution in [0.4, 0.5) is 0 Å². The summed E-state index contributed by atoms with van der Waals surface area (Å²) in [5, 5.41) is 0. The van der Waals surface area contributed by atoms with Crippen molar-refractivity contribution in [2.45, 2.75) is 49.1 Å². The average Bonchev–Trinajstić information content (AvgIpc) is 1.55. The quantitative estimate of drug-likeness (QED) is 0.612. The first kappa shape index (κ1) is 12.0. The van der Waals surface area contributed by atoms with E-state index in [1.165, 1.54) is 0 Å². The van der Waals surface area contributed by atoms with E-state index in [-0.39, 0.29) is 0 Å². The van der Waals surface area contributed by atoms with Crippen molar-refractivity contribution in [3.05, 3.63) is 0 Å². The minimum atomic E-state index is -0.698.